The third-order valence-electron chi connectivity index (χ3n) is 4.21. The lowest BCUT2D eigenvalue weighted by Gasteiger charge is -2.17. The Morgan fingerprint density at radius 3 is 2.12 bits per heavy atom. The standard InChI is InChI=1S/C21H24O4/c1-16-19(15-23-13-17-9-5-3-6-10-17)25-21(22-2)20(16)24-14-18-11-7-4-8-12-18/h3-12,19-21H,1,13-15H2,2H3/t19-,20-,21?/m1/s1. The first-order valence-corrected chi connectivity index (χ1v) is 8.42. The first-order valence-electron chi connectivity index (χ1n) is 8.42. The van der Waals surface area contributed by atoms with Crippen LogP contribution >= 0.6 is 0 Å². The quantitative estimate of drug-likeness (QED) is 0.687. The smallest absolute Gasteiger partial charge is 0.188 e. The Morgan fingerprint density at radius 2 is 1.52 bits per heavy atom. The van der Waals surface area contributed by atoms with Crippen molar-refractivity contribution in [1.29, 1.82) is 0 Å². The molecule has 4 heteroatoms. The van der Waals surface area contributed by atoms with Crippen molar-refractivity contribution < 1.29 is 18.9 Å². The summed E-state index contributed by atoms with van der Waals surface area (Å²) in [5, 5.41) is 0. The van der Waals surface area contributed by atoms with E-state index in [1.807, 2.05) is 60.7 Å². The summed E-state index contributed by atoms with van der Waals surface area (Å²) >= 11 is 0. The van der Waals surface area contributed by atoms with Crippen LogP contribution in [-0.4, -0.2) is 32.2 Å². The van der Waals surface area contributed by atoms with Gasteiger partial charge in [0.1, 0.15) is 12.2 Å². The molecule has 0 spiro atoms. The van der Waals surface area contributed by atoms with Gasteiger partial charge >= 0.3 is 0 Å². The molecule has 0 bridgehead atoms. The second-order valence-corrected chi connectivity index (χ2v) is 6.02. The van der Waals surface area contributed by atoms with Gasteiger partial charge in [0, 0.05) is 7.11 Å². The minimum absolute atomic E-state index is 0.227. The molecule has 25 heavy (non-hydrogen) atoms. The molecule has 1 aliphatic rings. The molecular weight excluding hydrogens is 316 g/mol. The summed E-state index contributed by atoms with van der Waals surface area (Å²) in [5.41, 5.74) is 3.09. The van der Waals surface area contributed by atoms with Crippen molar-refractivity contribution >= 4 is 0 Å². The van der Waals surface area contributed by atoms with Gasteiger partial charge in [-0.25, -0.2) is 0 Å². The molecule has 2 aromatic rings. The Hall–Kier alpha value is -1.98. The Labute approximate surface area is 149 Å². The molecule has 1 fully saturated rings. The average Bonchev–Trinajstić information content (AvgIpc) is 2.97. The van der Waals surface area contributed by atoms with Gasteiger partial charge < -0.3 is 18.9 Å². The van der Waals surface area contributed by atoms with E-state index in [1.54, 1.807) is 7.11 Å². The molecule has 132 valence electrons. The van der Waals surface area contributed by atoms with Gasteiger partial charge in [-0.15, -0.1) is 0 Å². The van der Waals surface area contributed by atoms with Crippen molar-refractivity contribution in [2.45, 2.75) is 31.7 Å². The summed E-state index contributed by atoms with van der Waals surface area (Å²) in [4.78, 5) is 0. The lowest BCUT2D eigenvalue weighted by atomic mass is 10.1. The van der Waals surface area contributed by atoms with Crippen molar-refractivity contribution in [3.8, 4) is 0 Å². The van der Waals surface area contributed by atoms with E-state index < -0.39 is 6.29 Å². The van der Waals surface area contributed by atoms with Crippen LogP contribution in [0.5, 0.6) is 0 Å². The average molecular weight is 340 g/mol. The van der Waals surface area contributed by atoms with Gasteiger partial charge in [-0.3, -0.25) is 0 Å². The third kappa shape index (κ3) is 4.77. The van der Waals surface area contributed by atoms with Gasteiger partial charge in [-0.1, -0.05) is 67.2 Å². The summed E-state index contributed by atoms with van der Waals surface area (Å²) in [7, 11) is 1.62. The minimum atomic E-state index is -0.457. The number of ether oxygens (including phenoxy) is 4. The van der Waals surface area contributed by atoms with Crippen molar-refractivity contribution in [2.75, 3.05) is 13.7 Å². The molecule has 0 radical (unpaired) electrons. The number of hydrogen-bond donors (Lipinski definition) is 0. The van der Waals surface area contributed by atoms with Crippen LogP contribution in [0.2, 0.25) is 0 Å². The van der Waals surface area contributed by atoms with Gasteiger partial charge in [0.25, 0.3) is 0 Å². The van der Waals surface area contributed by atoms with Crippen LogP contribution in [0.25, 0.3) is 0 Å². The van der Waals surface area contributed by atoms with Gasteiger partial charge in [0.2, 0.25) is 0 Å². The first kappa shape index (κ1) is 17.8. The van der Waals surface area contributed by atoms with Crippen LogP contribution in [-0.2, 0) is 32.2 Å². The molecule has 1 aliphatic heterocycles. The highest BCUT2D eigenvalue weighted by molar-refractivity contribution is 5.18. The molecule has 0 aliphatic carbocycles. The summed E-state index contributed by atoms with van der Waals surface area (Å²) < 4.78 is 23.1. The normalized spacial score (nSPS) is 23.1. The topological polar surface area (TPSA) is 36.9 Å². The molecule has 1 unspecified atom stereocenters. The number of benzene rings is 2. The third-order valence-corrected chi connectivity index (χ3v) is 4.21. The SMILES string of the molecule is C=C1[C@@H](OCc2ccccc2)C(OC)O[C@@H]1COCc1ccccc1. The molecule has 2 aromatic carbocycles. The van der Waals surface area contributed by atoms with Crippen LogP contribution in [0.1, 0.15) is 11.1 Å². The Balaban J connectivity index is 1.51. The fraction of sp³-hybridized carbons (Fsp3) is 0.333. The van der Waals surface area contributed by atoms with Crippen molar-refractivity contribution in [2.24, 2.45) is 0 Å². The van der Waals surface area contributed by atoms with Crippen LogP contribution in [0, 0.1) is 0 Å². The van der Waals surface area contributed by atoms with Gasteiger partial charge in [0.15, 0.2) is 6.29 Å². The Kier molecular flexibility index (Phi) is 6.36. The summed E-state index contributed by atoms with van der Waals surface area (Å²) in [6.07, 6.45) is -0.980. The molecule has 3 atom stereocenters. The maximum Gasteiger partial charge on any atom is 0.188 e. The molecule has 1 saturated heterocycles. The van der Waals surface area contributed by atoms with E-state index in [4.69, 9.17) is 18.9 Å². The van der Waals surface area contributed by atoms with Crippen LogP contribution < -0.4 is 0 Å². The highest BCUT2D eigenvalue weighted by atomic mass is 16.7. The highest BCUT2D eigenvalue weighted by Crippen LogP contribution is 2.29. The summed E-state index contributed by atoms with van der Waals surface area (Å²) in [6, 6.07) is 20.1. The molecule has 1 heterocycles. The second-order valence-electron chi connectivity index (χ2n) is 6.02. The van der Waals surface area contributed by atoms with Gasteiger partial charge in [-0.05, 0) is 16.7 Å². The second kappa shape index (κ2) is 8.92. The van der Waals surface area contributed by atoms with E-state index >= 15 is 0 Å². The fourth-order valence-electron chi connectivity index (χ4n) is 2.81. The zero-order chi connectivity index (χ0) is 17.5. The van der Waals surface area contributed by atoms with E-state index in [0.29, 0.717) is 19.8 Å². The molecule has 4 nitrogen and oxygen atoms in total. The van der Waals surface area contributed by atoms with Crippen molar-refractivity contribution in [1.82, 2.24) is 0 Å². The van der Waals surface area contributed by atoms with E-state index in [-0.39, 0.29) is 12.2 Å². The van der Waals surface area contributed by atoms with E-state index in [9.17, 15) is 0 Å². The Morgan fingerprint density at radius 1 is 0.920 bits per heavy atom. The van der Waals surface area contributed by atoms with Crippen LogP contribution in [0.3, 0.4) is 0 Å². The maximum absolute atomic E-state index is 5.99. The number of rotatable bonds is 8. The van der Waals surface area contributed by atoms with Crippen LogP contribution in [0.4, 0.5) is 0 Å². The Bertz CT molecular complexity index is 656. The zero-order valence-corrected chi connectivity index (χ0v) is 14.5. The number of methoxy groups -OCH3 is 1. The van der Waals surface area contributed by atoms with Gasteiger partial charge in [0.05, 0.1) is 19.8 Å². The predicted octanol–water partition coefficient (Wildman–Crippen LogP) is 3.72. The zero-order valence-electron chi connectivity index (χ0n) is 14.5. The summed E-state index contributed by atoms with van der Waals surface area (Å²) in [6.45, 7) is 5.61. The van der Waals surface area contributed by atoms with Crippen LogP contribution in [0.15, 0.2) is 72.8 Å². The lowest BCUT2D eigenvalue weighted by molar-refractivity contribution is -0.169. The molecule has 3 rings (SSSR count). The molecule has 0 saturated carbocycles. The van der Waals surface area contributed by atoms with Crippen molar-refractivity contribution in [3.05, 3.63) is 83.9 Å². The minimum Gasteiger partial charge on any atom is -0.374 e. The van der Waals surface area contributed by atoms with Gasteiger partial charge in [-0.2, -0.15) is 0 Å². The monoisotopic (exact) mass is 340 g/mol. The van der Waals surface area contributed by atoms with Crippen molar-refractivity contribution in [3.63, 3.8) is 0 Å². The fourth-order valence-corrected chi connectivity index (χ4v) is 2.81. The highest BCUT2D eigenvalue weighted by Gasteiger charge is 2.39. The summed E-state index contributed by atoms with van der Waals surface area (Å²) in [5.74, 6) is 0. The molecule has 0 N–H and O–H groups in total. The maximum atomic E-state index is 5.99. The predicted molar refractivity (Wildman–Crippen MR) is 95.9 cm³/mol. The molecule has 0 amide bonds. The van der Waals surface area contributed by atoms with E-state index in [1.165, 1.54) is 0 Å². The first-order chi connectivity index (χ1) is 12.3. The molecule has 0 aromatic heterocycles. The number of hydrogen-bond acceptors (Lipinski definition) is 4. The van der Waals surface area contributed by atoms with E-state index in [0.717, 1.165) is 16.7 Å². The van der Waals surface area contributed by atoms with E-state index in [2.05, 4.69) is 6.58 Å². The lowest BCUT2D eigenvalue weighted by Crippen LogP contribution is -2.26. The largest absolute Gasteiger partial charge is 0.374 e. The molecular formula is C21H24O4.